The second kappa shape index (κ2) is 13.1. The quantitative estimate of drug-likeness (QED) is 0.346. The monoisotopic (exact) mass is 480 g/mol. The molecule has 6 heteroatoms. The topological polar surface area (TPSA) is 61.4 Å². The average molecular weight is 481 g/mol. The van der Waals surface area contributed by atoms with Gasteiger partial charge in [-0.1, -0.05) is 68.4 Å². The minimum Gasteiger partial charge on any atom is -0.390 e. The van der Waals surface area contributed by atoms with Crippen molar-refractivity contribution in [1.82, 2.24) is 10.6 Å². The molecule has 0 aliphatic heterocycles. The molecule has 4 nitrogen and oxygen atoms in total. The van der Waals surface area contributed by atoms with Gasteiger partial charge in [0.1, 0.15) is 11.6 Å². The Morgan fingerprint density at radius 2 is 1.57 bits per heavy atom. The van der Waals surface area contributed by atoms with E-state index in [9.17, 15) is 18.7 Å². The lowest BCUT2D eigenvalue weighted by molar-refractivity contribution is -0.124. The molecular formula is C29H34F2N2O2. The third-order valence-corrected chi connectivity index (χ3v) is 6.18. The van der Waals surface area contributed by atoms with Crippen molar-refractivity contribution in [3.63, 3.8) is 0 Å². The minimum atomic E-state index is -0.965. The number of aliphatic hydroxyl groups is 1. The molecule has 0 saturated carbocycles. The number of carbonyl (C=O) groups excluding carboxylic acids is 1. The molecule has 0 aliphatic carbocycles. The molecule has 0 bridgehead atoms. The SMILES string of the molecule is CCc1cccc(CNC[C@H](O)[C@H](Cc2cc(F)cc(F)c2)NC(=O)C(CC)c2ccccc2)c1. The lowest BCUT2D eigenvalue weighted by atomic mass is 9.94. The van der Waals surface area contributed by atoms with Crippen molar-refractivity contribution in [3.8, 4) is 0 Å². The van der Waals surface area contributed by atoms with E-state index in [-0.39, 0.29) is 24.8 Å². The van der Waals surface area contributed by atoms with E-state index in [0.29, 0.717) is 18.5 Å². The van der Waals surface area contributed by atoms with E-state index in [2.05, 4.69) is 29.7 Å². The van der Waals surface area contributed by atoms with Crippen LogP contribution in [0.15, 0.2) is 72.8 Å². The van der Waals surface area contributed by atoms with Gasteiger partial charge in [0.05, 0.1) is 18.1 Å². The third-order valence-electron chi connectivity index (χ3n) is 6.18. The van der Waals surface area contributed by atoms with Gasteiger partial charge < -0.3 is 15.7 Å². The summed E-state index contributed by atoms with van der Waals surface area (Å²) >= 11 is 0. The molecule has 3 aromatic rings. The molecule has 3 N–H and O–H groups in total. The number of hydrogen-bond acceptors (Lipinski definition) is 3. The van der Waals surface area contributed by atoms with Gasteiger partial charge in [-0.25, -0.2) is 8.78 Å². The van der Waals surface area contributed by atoms with Crippen LogP contribution in [-0.2, 0) is 24.2 Å². The third kappa shape index (κ3) is 7.98. The molecular weight excluding hydrogens is 446 g/mol. The molecule has 3 aromatic carbocycles. The van der Waals surface area contributed by atoms with Crippen molar-refractivity contribution >= 4 is 5.91 Å². The molecule has 1 unspecified atom stereocenters. The minimum absolute atomic E-state index is 0.0970. The summed E-state index contributed by atoms with van der Waals surface area (Å²) in [5, 5.41) is 17.2. The number of nitrogens with one attached hydrogen (secondary N) is 2. The highest BCUT2D eigenvalue weighted by Crippen LogP contribution is 2.20. The first-order valence-corrected chi connectivity index (χ1v) is 12.2. The van der Waals surface area contributed by atoms with Crippen molar-refractivity contribution in [2.24, 2.45) is 0 Å². The molecule has 186 valence electrons. The maximum Gasteiger partial charge on any atom is 0.227 e. The second-order valence-corrected chi connectivity index (χ2v) is 8.84. The van der Waals surface area contributed by atoms with Crippen LogP contribution >= 0.6 is 0 Å². The number of carbonyl (C=O) groups is 1. The van der Waals surface area contributed by atoms with Crippen LogP contribution in [0.3, 0.4) is 0 Å². The highest BCUT2D eigenvalue weighted by molar-refractivity contribution is 5.83. The number of hydrogen-bond donors (Lipinski definition) is 3. The molecule has 0 heterocycles. The Morgan fingerprint density at radius 1 is 0.886 bits per heavy atom. The summed E-state index contributed by atoms with van der Waals surface area (Å²) in [6.07, 6.45) is 0.654. The first-order chi connectivity index (χ1) is 16.9. The van der Waals surface area contributed by atoms with E-state index in [1.54, 1.807) is 0 Å². The number of benzene rings is 3. The number of amides is 1. The number of aliphatic hydroxyl groups excluding tert-OH is 1. The predicted octanol–water partition coefficient (Wildman–Crippen LogP) is 4.90. The zero-order valence-electron chi connectivity index (χ0n) is 20.3. The van der Waals surface area contributed by atoms with Crippen molar-refractivity contribution in [2.45, 2.75) is 57.7 Å². The molecule has 0 aromatic heterocycles. The zero-order chi connectivity index (χ0) is 25.2. The van der Waals surface area contributed by atoms with E-state index >= 15 is 0 Å². The Morgan fingerprint density at radius 3 is 2.23 bits per heavy atom. The number of rotatable bonds is 12. The van der Waals surface area contributed by atoms with Gasteiger partial charge in [-0.05, 0) is 53.6 Å². The smallest absolute Gasteiger partial charge is 0.227 e. The Balaban J connectivity index is 1.72. The molecule has 0 aliphatic rings. The number of aryl methyl sites for hydroxylation is 1. The van der Waals surface area contributed by atoms with Crippen molar-refractivity contribution in [2.75, 3.05) is 6.54 Å². The second-order valence-electron chi connectivity index (χ2n) is 8.84. The van der Waals surface area contributed by atoms with Gasteiger partial charge in [-0.15, -0.1) is 0 Å². The summed E-state index contributed by atoms with van der Waals surface area (Å²) in [4.78, 5) is 13.2. The van der Waals surface area contributed by atoms with Crippen LogP contribution in [-0.4, -0.2) is 29.7 Å². The average Bonchev–Trinajstić information content (AvgIpc) is 2.84. The molecule has 0 spiro atoms. The molecule has 3 rings (SSSR count). The van der Waals surface area contributed by atoms with E-state index < -0.39 is 23.8 Å². The molecule has 1 amide bonds. The zero-order valence-corrected chi connectivity index (χ0v) is 20.3. The number of halogens is 2. The summed E-state index contributed by atoms with van der Waals surface area (Å²) in [6, 6.07) is 20.2. The highest BCUT2D eigenvalue weighted by Gasteiger charge is 2.26. The van der Waals surface area contributed by atoms with Crippen LogP contribution in [0.25, 0.3) is 0 Å². The van der Waals surface area contributed by atoms with Crippen molar-refractivity contribution in [1.29, 1.82) is 0 Å². The van der Waals surface area contributed by atoms with Gasteiger partial charge in [0.15, 0.2) is 0 Å². The van der Waals surface area contributed by atoms with Crippen molar-refractivity contribution in [3.05, 3.63) is 107 Å². The van der Waals surface area contributed by atoms with Gasteiger partial charge in [0.25, 0.3) is 0 Å². The molecule has 0 radical (unpaired) electrons. The fraction of sp³-hybridized carbons (Fsp3) is 0.345. The van der Waals surface area contributed by atoms with Crippen molar-refractivity contribution < 1.29 is 18.7 Å². The van der Waals surface area contributed by atoms with Crippen LogP contribution in [0.2, 0.25) is 0 Å². The largest absolute Gasteiger partial charge is 0.390 e. The lowest BCUT2D eigenvalue weighted by Crippen LogP contribution is -2.49. The van der Waals surface area contributed by atoms with Crippen LogP contribution in [0, 0.1) is 11.6 Å². The van der Waals surface area contributed by atoms with Crippen LogP contribution in [0.5, 0.6) is 0 Å². The van der Waals surface area contributed by atoms with E-state index in [1.807, 2.05) is 49.4 Å². The maximum absolute atomic E-state index is 13.8. The highest BCUT2D eigenvalue weighted by atomic mass is 19.1. The maximum atomic E-state index is 13.8. The molecule has 0 saturated heterocycles. The van der Waals surface area contributed by atoms with Gasteiger partial charge in [0, 0.05) is 19.2 Å². The Labute approximate surface area is 206 Å². The van der Waals surface area contributed by atoms with E-state index in [1.165, 1.54) is 17.7 Å². The van der Waals surface area contributed by atoms with E-state index in [4.69, 9.17) is 0 Å². The predicted molar refractivity (Wildman–Crippen MR) is 135 cm³/mol. The molecule has 35 heavy (non-hydrogen) atoms. The summed E-state index contributed by atoms with van der Waals surface area (Å²) < 4.78 is 27.6. The van der Waals surface area contributed by atoms with E-state index in [0.717, 1.165) is 23.6 Å². The summed E-state index contributed by atoms with van der Waals surface area (Å²) in [7, 11) is 0. The summed E-state index contributed by atoms with van der Waals surface area (Å²) in [5.41, 5.74) is 3.58. The fourth-order valence-corrected chi connectivity index (χ4v) is 4.27. The molecule has 3 atom stereocenters. The first kappa shape index (κ1) is 26.5. The fourth-order valence-electron chi connectivity index (χ4n) is 4.27. The summed E-state index contributed by atoms with van der Waals surface area (Å²) in [6.45, 7) is 4.79. The normalized spacial score (nSPS) is 13.7. The lowest BCUT2D eigenvalue weighted by Gasteiger charge is -2.27. The first-order valence-electron chi connectivity index (χ1n) is 12.2. The Bertz CT molecular complexity index is 1070. The summed E-state index contributed by atoms with van der Waals surface area (Å²) in [5.74, 6) is -2.00. The van der Waals surface area contributed by atoms with Gasteiger partial charge in [-0.3, -0.25) is 4.79 Å². The van der Waals surface area contributed by atoms with Gasteiger partial charge in [-0.2, -0.15) is 0 Å². The van der Waals surface area contributed by atoms with Crippen LogP contribution in [0.1, 0.15) is 48.4 Å². The van der Waals surface area contributed by atoms with Gasteiger partial charge >= 0.3 is 0 Å². The Hall–Kier alpha value is -3.09. The van der Waals surface area contributed by atoms with Crippen LogP contribution < -0.4 is 10.6 Å². The van der Waals surface area contributed by atoms with Gasteiger partial charge in [0.2, 0.25) is 5.91 Å². The Kier molecular flexibility index (Phi) is 9.94. The standard InChI is InChI=1S/C29H34F2N2O2/c1-3-20-9-8-10-21(13-20)18-32-19-28(34)27(16-22-14-24(30)17-25(31)15-22)33-29(35)26(4-2)23-11-6-5-7-12-23/h5-15,17,26-28,32,34H,3-4,16,18-19H2,1-2H3,(H,33,35)/t26?,27-,28-/m0/s1. The van der Waals surface area contributed by atoms with Crippen LogP contribution in [0.4, 0.5) is 8.78 Å². The molecule has 0 fully saturated rings.